The van der Waals surface area contributed by atoms with Crippen molar-refractivity contribution < 1.29 is 91.4 Å². The van der Waals surface area contributed by atoms with Crippen LogP contribution >= 0.6 is 11.8 Å². The van der Waals surface area contributed by atoms with Crippen LogP contribution < -0.4 is 81.4 Å². The van der Waals surface area contributed by atoms with Gasteiger partial charge in [-0.1, -0.05) is 111 Å². The number of H-pyrrole nitrogens is 3. The number of hydrogen-bond acceptors (Lipinski definition) is 24. The molecule has 4 aromatic carbocycles. The zero-order valence-electron chi connectivity index (χ0n) is 76.0. The van der Waals surface area contributed by atoms with E-state index in [9.17, 15) is 67.4 Å². The second kappa shape index (κ2) is 50.2. The third-order valence-electron chi connectivity index (χ3n) is 23.1. The number of nitrogens with zero attached hydrogens (tertiary/aromatic N) is 6. The number of likely N-dealkylation sites (N-methyl/N-ethyl adjacent to an activating group) is 4. The molecule has 722 valence electrons. The average molecular weight is 1880 g/mol. The van der Waals surface area contributed by atoms with Crippen molar-refractivity contribution in [3.63, 3.8) is 0 Å². The Morgan fingerprint density at radius 2 is 1.07 bits per heavy atom. The third kappa shape index (κ3) is 29.9. The number of rotatable bonds is 25. The molecule has 2 aliphatic rings. The number of aliphatic hydroxyl groups excluding tert-OH is 1. The summed E-state index contributed by atoms with van der Waals surface area (Å²) in [5.74, 6) is -17.3. The molecular weight excluding hydrogens is 1750 g/mol. The molecule has 0 aliphatic carbocycles. The maximum atomic E-state index is 15.7. The van der Waals surface area contributed by atoms with Gasteiger partial charge in [0.2, 0.25) is 100 Å². The smallest absolute Gasteiger partial charge is 0.248 e. The number of carbonyl (C=O) groups excluding carboxylic acids is 17. The van der Waals surface area contributed by atoms with Crippen LogP contribution in [0.2, 0.25) is 0 Å². The summed E-state index contributed by atoms with van der Waals surface area (Å²) in [6.45, 7) is 2.91. The Kier molecular flexibility index (Phi) is 39.0. The van der Waals surface area contributed by atoms with Crippen LogP contribution in [0.1, 0.15) is 94.2 Å². The van der Waals surface area contributed by atoms with E-state index >= 15 is 19.2 Å². The number of amides is 17. The fraction of sp³-hybridized carbons (Fsp3) is 0.467. The number of hydrogen-bond donors (Lipinski definition) is 19. The first kappa shape index (κ1) is 104. The molecule has 13 atom stereocenters. The Balaban J connectivity index is 1.08. The monoisotopic (exact) mass is 1870 g/mol. The number of fused-ring (bicyclic) bond motifs is 3. The van der Waals surface area contributed by atoms with E-state index in [1.54, 1.807) is 135 Å². The van der Waals surface area contributed by atoms with E-state index in [1.807, 2.05) is 0 Å². The number of thioether (sulfide) groups is 1. The highest BCUT2D eigenvalue weighted by molar-refractivity contribution is 8.00. The molecule has 0 spiro atoms. The molecule has 0 bridgehead atoms. The second-order valence-corrected chi connectivity index (χ2v) is 34.7. The van der Waals surface area contributed by atoms with E-state index in [2.05, 4.69) is 78.4 Å². The first-order valence-electron chi connectivity index (χ1n) is 44.0. The lowest BCUT2D eigenvalue weighted by atomic mass is 10.0. The fourth-order valence-corrected chi connectivity index (χ4v) is 16.4. The van der Waals surface area contributed by atoms with E-state index in [1.165, 1.54) is 54.6 Å². The molecule has 44 heteroatoms. The Labute approximate surface area is 777 Å². The third-order valence-corrected chi connectivity index (χ3v) is 24.2. The molecule has 3 aromatic heterocycles. The summed E-state index contributed by atoms with van der Waals surface area (Å²) >= 11 is 0.784. The topological polar surface area (TPSA) is 633 Å². The van der Waals surface area contributed by atoms with Crippen LogP contribution in [0.3, 0.4) is 0 Å². The number of benzene rings is 4. The van der Waals surface area contributed by atoms with Crippen LogP contribution in [0.4, 0.5) is 0 Å². The number of imidazole rings is 1. The summed E-state index contributed by atoms with van der Waals surface area (Å²) in [6, 6.07) is 10.9. The quantitative estimate of drug-likeness (QED) is 0.0192. The Hall–Kier alpha value is -13.7. The van der Waals surface area contributed by atoms with Crippen LogP contribution in [-0.4, -0.2) is 314 Å². The molecule has 2 fully saturated rings. The van der Waals surface area contributed by atoms with Gasteiger partial charge in [-0.15, -0.1) is 11.8 Å². The minimum absolute atomic E-state index is 0.0107. The molecular formula is C90H122N24O19S. The zero-order chi connectivity index (χ0) is 97.6. The van der Waals surface area contributed by atoms with Crippen LogP contribution in [-0.2, 0) is 119 Å². The first-order valence-corrected chi connectivity index (χ1v) is 45.1. The van der Waals surface area contributed by atoms with Gasteiger partial charge in [0.05, 0.1) is 51.4 Å². The Morgan fingerprint density at radius 1 is 0.545 bits per heavy atom. The number of aromatic amines is 3. The van der Waals surface area contributed by atoms with E-state index in [0.717, 1.165) is 36.3 Å². The Bertz CT molecular complexity index is 5270. The van der Waals surface area contributed by atoms with Gasteiger partial charge in [-0.2, -0.15) is 0 Å². The van der Waals surface area contributed by atoms with E-state index in [-0.39, 0.29) is 83.4 Å². The number of aromatic nitrogens is 4. The molecule has 0 radical (unpaired) electrons. The minimum atomic E-state index is -1.89. The van der Waals surface area contributed by atoms with Gasteiger partial charge in [-0.25, -0.2) is 4.98 Å². The van der Waals surface area contributed by atoms with Crippen molar-refractivity contribution in [3.8, 4) is 0 Å². The number of nitrogens with two attached hydrogens (primary N) is 4. The largest absolute Gasteiger partial charge is 0.394 e. The van der Waals surface area contributed by atoms with Crippen molar-refractivity contribution in [2.45, 2.75) is 183 Å². The number of aliphatic hydroxyl groups is 1. The van der Waals surface area contributed by atoms with Crippen molar-refractivity contribution in [1.82, 2.24) is 103 Å². The lowest BCUT2D eigenvalue weighted by molar-refractivity contribution is -0.151. The second-order valence-electron chi connectivity index (χ2n) is 33.7. The average Bonchev–Trinajstić information content (AvgIpc) is 1.63. The minimum Gasteiger partial charge on any atom is -0.394 e. The van der Waals surface area contributed by atoms with Crippen molar-refractivity contribution >= 4 is 134 Å². The number of primary amides is 2. The summed E-state index contributed by atoms with van der Waals surface area (Å²) in [7, 11) is 5.04. The van der Waals surface area contributed by atoms with Crippen LogP contribution in [0, 0.1) is 5.92 Å². The van der Waals surface area contributed by atoms with Crippen LogP contribution in [0.25, 0.3) is 21.8 Å². The number of carbonyl (C=O) groups is 17. The van der Waals surface area contributed by atoms with Gasteiger partial charge in [-0.3, -0.25) is 86.8 Å². The van der Waals surface area contributed by atoms with Gasteiger partial charge in [-0.05, 0) is 92.8 Å². The van der Waals surface area contributed by atoms with E-state index in [0.29, 0.717) is 49.8 Å². The predicted molar refractivity (Wildman–Crippen MR) is 493 cm³/mol. The molecule has 17 amide bonds. The van der Waals surface area contributed by atoms with E-state index in [4.69, 9.17) is 27.7 Å². The molecule has 9 rings (SSSR count). The molecule has 5 heterocycles. The van der Waals surface area contributed by atoms with Crippen molar-refractivity contribution in [3.05, 3.63) is 162 Å². The molecule has 13 unspecified atom stereocenters. The molecule has 2 saturated heterocycles. The fourth-order valence-electron chi connectivity index (χ4n) is 15.5. The standard InChI is InChI=1S/C90H122N24O19S/c1-50(2)33-65-85(128)110(5)43-75(118)101-63(35-55-39-97-60-27-17-15-25-58(55)60)81(124)108-69(44-115)83(126)107-67(36-56-40-98-61-28-18-16-26-59(56)61)87(130)113(8)72(46-133-45-54-23-13-10-14-24-54)89(132)112(7)52(4)77(120)103-62(29-19-31-96-90(93)94)80(123)109-70(79(122)99-42-74(92)117)47-134-48-76(119)102-66(34-53-21-11-9-12-22-53)86(129)111(6)51(3)78(121)105-68(38-73(91)116)88(131)114-32-20-30-71(114)84(127)104-64(82(125)106-65)37-57-41-95-49-100-57/h9-18,21-28,39-41,49-52,62-72,90,96-98,115H,19-20,29-38,42-48,93-94H2,1-8H3,(H2,91,116)(H2,92,117)(H,95,100)(H,99,122)(H,101,118)(H,102,119)(H,103,120)(H,104,127)(H,105,121)(H,106,125)(H,107,126)(H,108,124)(H,109,123). The molecule has 43 nitrogen and oxygen atoms in total. The SMILES string of the molecule is CC(C)CC1NC(=O)C(Cc2cnc[nH]2)NC(=O)C2CCCN2C(=O)C(CC(N)=O)NC(=O)C(C)N(C)C(=O)C(Cc2ccccc2)NC(=O)CSCC(C(=O)NCC(N)=O)NC(=O)C(CCCNC(N)N)NC(=O)C(C)N(C)C(=O)C(COCc2ccccc2)N(C)C(=O)C(Cc2c[nH]c3ccccc23)NC(=O)C(CO)NC(=O)C(Cc2c[nH]c3ccccc23)NC(=O)CN(C)C1=O. The van der Waals surface area contributed by atoms with Gasteiger partial charge >= 0.3 is 0 Å². The number of para-hydroxylation sites is 2. The number of nitrogens with one attached hydrogen (secondary N) is 14. The van der Waals surface area contributed by atoms with Gasteiger partial charge in [0.15, 0.2) is 0 Å². The maximum Gasteiger partial charge on any atom is 0.248 e. The van der Waals surface area contributed by atoms with Crippen LogP contribution in [0.5, 0.6) is 0 Å². The first-order chi connectivity index (χ1) is 63.9. The summed E-state index contributed by atoms with van der Waals surface area (Å²) in [6.07, 6.45) is 3.18. The van der Waals surface area contributed by atoms with Crippen molar-refractivity contribution in [2.75, 3.05) is 79.1 Å². The van der Waals surface area contributed by atoms with Crippen LogP contribution in [0.15, 0.2) is 134 Å². The summed E-state index contributed by atoms with van der Waals surface area (Å²) in [5.41, 5.74) is 26.5. The maximum absolute atomic E-state index is 15.7. The highest BCUT2D eigenvalue weighted by Gasteiger charge is 2.44. The highest BCUT2D eigenvalue weighted by Crippen LogP contribution is 2.26. The zero-order valence-corrected chi connectivity index (χ0v) is 76.8. The summed E-state index contributed by atoms with van der Waals surface area (Å²) < 4.78 is 6.20. The highest BCUT2D eigenvalue weighted by atomic mass is 32.2. The molecule has 23 N–H and O–H groups in total. The predicted octanol–water partition coefficient (Wildman–Crippen LogP) is -3.97. The van der Waals surface area contributed by atoms with Gasteiger partial charge in [0.1, 0.15) is 84.8 Å². The van der Waals surface area contributed by atoms with Gasteiger partial charge < -0.3 is 125 Å². The van der Waals surface area contributed by atoms with E-state index < -0.39 is 229 Å². The van der Waals surface area contributed by atoms with Crippen molar-refractivity contribution in [2.24, 2.45) is 28.9 Å². The molecule has 7 aromatic rings. The van der Waals surface area contributed by atoms with Gasteiger partial charge in [0.25, 0.3) is 0 Å². The Morgan fingerprint density at radius 3 is 1.66 bits per heavy atom. The normalized spacial score (nSPS) is 23.4. The summed E-state index contributed by atoms with van der Waals surface area (Å²) in [4.78, 5) is 266. The molecule has 134 heavy (non-hydrogen) atoms. The number of ether oxygens (including phenoxy) is 1. The molecule has 0 saturated carbocycles. The lowest BCUT2D eigenvalue weighted by Gasteiger charge is -2.35. The lowest BCUT2D eigenvalue weighted by Crippen LogP contribution is -2.61. The van der Waals surface area contributed by atoms with Crippen molar-refractivity contribution in [1.29, 1.82) is 0 Å². The van der Waals surface area contributed by atoms with Gasteiger partial charge in [0, 0.05) is 112 Å². The summed E-state index contributed by atoms with van der Waals surface area (Å²) in [5, 5.41) is 41.5. The molecule has 2 aliphatic heterocycles.